The van der Waals surface area contributed by atoms with E-state index in [4.69, 9.17) is 25.8 Å². The highest BCUT2D eigenvalue weighted by Crippen LogP contribution is 2.44. The van der Waals surface area contributed by atoms with Crippen molar-refractivity contribution in [2.75, 3.05) is 37.8 Å². The number of nitrogens with zero attached hydrogens (tertiary/aromatic N) is 1. The number of hydrogen-bond acceptors (Lipinski definition) is 5. The minimum absolute atomic E-state index is 0.298. The minimum atomic E-state index is -0.298. The molecule has 3 aromatic carbocycles. The van der Waals surface area contributed by atoms with Gasteiger partial charge < -0.3 is 19.1 Å². The van der Waals surface area contributed by atoms with Crippen molar-refractivity contribution in [3.05, 3.63) is 94.0 Å². The van der Waals surface area contributed by atoms with Crippen molar-refractivity contribution in [1.82, 2.24) is 0 Å². The zero-order chi connectivity index (χ0) is 25.6. The Morgan fingerprint density at radius 3 is 2.54 bits per heavy atom. The Labute approximate surface area is 223 Å². The van der Waals surface area contributed by atoms with E-state index in [0.717, 1.165) is 60.5 Å². The molecule has 0 unspecified atom stereocenters. The molecular weight excluding hydrogens is 486 g/mol. The molecule has 2 aliphatic rings. The van der Waals surface area contributed by atoms with Crippen LogP contribution in [0.4, 0.5) is 5.69 Å². The van der Waals surface area contributed by atoms with E-state index < -0.39 is 0 Å². The monoisotopic (exact) mass is 517 g/mol. The first-order valence-electron chi connectivity index (χ1n) is 13.0. The van der Waals surface area contributed by atoms with E-state index in [0.29, 0.717) is 37.0 Å². The summed E-state index contributed by atoms with van der Waals surface area (Å²) in [6.07, 6.45) is 2.88. The molecule has 1 aliphatic heterocycles. The topological polar surface area (TPSA) is 48.0 Å². The van der Waals surface area contributed by atoms with Gasteiger partial charge in [0.25, 0.3) is 0 Å². The van der Waals surface area contributed by atoms with E-state index in [1.807, 2.05) is 55.5 Å². The van der Waals surface area contributed by atoms with Crippen LogP contribution in [0.2, 0.25) is 5.02 Å². The van der Waals surface area contributed by atoms with Crippen LogP contribution in [0.3, 0.4) is 0 Å². The van der Waals surface area contributed by atoms with E-state index in [1.54, 1.807) is 0 Å². The lowest BCUT2D eigenvalue weighted by Crippen LogP contribution is -2.36. The van der Waals surface area contributed by atoms with Gasteiger partial charge in [0.15, 0.2) is 0 Å². The van der Waals surface area contributed by atoms with E-state index >= 15 is 0 Å². The summed E-state index contributed by atoms with van der Waals surface area (Å²) in [5, 5.41) is 0.676. The van der Waals surface area contributed by atoms with Gasteiger partial charge in [-0.2, -0.15) is 0 Å². The van der Waals surface area contributed by atoms with Crippen LogP contribution in [0.15, 0.2) is 66.7 Å². The molecule has 192 valence electrons. The Hall–Kier alpha value is -3.28. The lowest BCUT2D eigenvalue weighted by molar-refractivity contribution is 0.0526. The Balaban J connectivity index is 1.55. The highest BCUT2D eigenvalue weighted by atomic mass is 35.5. The number of morpholine rings is 1. The molecule has 0 saturated carbocycles. The van der Waals surface area contributed by atoms with Crippen molar-refractivity contribution in [1.29, 1.82) is 0 Å². The summed E-state index contributed by atoms with van der Waals surface area (Å²) in [4.78, 5) is 15.1. The van der Waals surface area contributed by atoms with Gasteiger partial charge in [0.2, 0.25) is 0 Å². The molecule has 0 amide bonds. The van der Waals surface area contributed by atoms with Gasteiger partial charge in [-0.05, 0) is 84.9 Å². The molecule has 1 heterocycles. The van der Waals surface area contributed by atoms with Crippen LogP contribution in [0.25, 0.3) is 11.1 Å². The predicted octanol–water partition coefficient (Wildman–Crippen LogP) is 7.03. The standard InChI is InChI=1S/C31H32ClNO4/c1-2-36-31(34)24-17-23(18-26(19-24)33-13-15-35-16-14-33)27-9-6-10-28(27)29-20-25(32)11-12-30(29)37-21-22-7-4-3-5-8-22/h3-5,7-8,11-12,17-20H,2,6,9-10,13-16,21H2,1H3. The van der Waals surface area contributed by atoms with Gasteiger partial charge in [-0.15, -0.1) is 0 Å². The first-order valence-corrected chi connectivity index (χ1v) is 13.3. The van der Waals surface area contributed by atoms with E-state index in [9.17, 15) is 4.79 Å². The van der Waals surface area contributed by atoms with Gasteiger partial charge in [-0.25, -0.2) is 4.79 Å². The molecule has 0 atom stereocenters. The van der Waals surface area contributed by atoms with Gasteiger partial charge in [0, 0.05) is 29.4 Å². The molecular formula is C31H32ClNO4. The molecule has 3 aromatic rings. The molecule has 1 fully saturated rings. The van der Waals surface area contributed by atoms with Crippen LogP contribution >= 0.6 is 11.6 Å². The number of esters is 1. The maximum absolute atomic E-state index is 12.8. The zero-order valence-corrected chi connectivity index (χ0v) is 21.9. The summed E-state index contributed by atoms with van der Waals surface area (Å²) < 4.78 is 17.2. The molecule has 0 spiro atoms. The summed E-state index contributed by atoms with van der Waals surface area (Å²) in [6.45, 7) is 5.60. The summed E-state index contributed by atoms with van der Waals surface area (Å²) >= 11 is 6.48. The fourth-order valence-corrected chi connectivity index (χ4v) is 5.25. The largest absolute Gasteiger partial charge is 0.488 e. The number of allylic oxidation sites excluding steroid dienone is 2. The van der Waals surface area contributed by atoms with Crippen molar-refractivity contribution < 1.29 is 19.0 Å². The van der Waals surface area contributed by atoms with Crippen molar-refractivity contribution >= 4 is 34.4 Å². The average molecular weight is 518 g/mol. The minimum Gasteiger partial charge on any atom is -0.488 e. The van der Waals surface area contributed by atoms with E-state index in [1.165, 1.54) is 11.1 Å². The third-order valence-electron chi connectivity index (χ3n) is 6.88. The SMILES string of the molecule is CCOC(=O)c1cc(C2=C(c3cc(Cl)ccc3OCc3ccccc3)CCC2)cc(N2CCOCC2)c1. The number of anilines is 1. The quantitative estimate of drug-likeness (QED) is 0.300. The van der Waals surface area contributed by atoms with Crippen LogP contribution in [0.5, 0.6) is 5.75 Å². The maximum atomic E-state index is 12.8. The zero-order valence-electron chi connectivity index (χ0n) is 21.2. The third kappa shape index (κ3) is 6.00. The summed E-state index contributed by atoms with van der Waals surface area (Å²) in [5.41, 5.74) is 7.23. The molecule has 6 heteroatoms. The van der Waals surface area contributed by atoms with Gasteiger partial charge in [-0.1, -0.05) is 41.9 Å². The van der Waals surface area contributed by atoms with E-state index in [-0.39, 0.29) is 5.97 Å². The number of ether oxygens (including phenoxy) is 3. The van der Waals surface area contributed by atoms with Gasteiger partial charge in [0.1, 0.15) is 12.4 Å². The molecule has 0 radical (unpaired) electrons. The maximum Gasteiger partial charge on any atom is 0.338 e. The van der Waals surface area contributed by atoms with Crippen LogP contribution < -0.4 is 9.64 Å². The van der Waals surface area contributed by atoms with E-state index in [2.05, 4.69) is 23.1 Å². The fourth-order valence-electron chi connectivity index (χ4n) is 5.08. The number of halogens is 1. The second-order valence-electron chi connectivity index (χ2n) is 9.31. The highest BCUT2D eigenvalue weighted by molar-refractivity contribution is 6.30. The highest BCUT2D eigenvalue weighted by Gasteiger charge is 2.24. The summed E-state index contributed by atoms with van der Waals surface area (Å²) in [7, 11) is 0. The molecule has 0 bridgehead atoms. The Kier molecular flexibility index (Phi) is 8.12. The van der Waals surface area contributed by atoms with Gasteiger partial charge in [0.05, 0.1) is 25.4 Å². The number of hydrogen-bond donors (Lipinski definition) is 0. The molecule has 0 aromatic heterocycles. The predicted molar refractivity (Wildman–Crippen MR) is 148 cm³/mol. The molecule has 0 N–H and O–H groups in total. The second kappa shape index (κ2) is 11.8. The molecule has 1 saturated heterocycles. The molecule has 5 nitrogen and oxygen atoms in total. The lowest BCUT2D eigenvalue weighted by Gasteiger charge is -2.29. The van der Waals surface area contributed by atoms with Crippen LogP contribution in [0.1, 0.15) is 53.2 Å². The normalized spacial score (nSPS) is 15.7. The van der Waals surface area contributed by atoms with Crippen molar-refractivity contribution in [3.8, 4) is 5.75 Å². The van der Waals surface area contributed by atoms with Gasteiger partial charge >= 0.3 is 5.97 Å². The number of rotatable bonds is 8. The van der Waals surface area contributed by atoms with Crippen molar-refractivity contribution in [2.24, 2.45) is 0 Å². The van der Waals surface area contributed by atoms with Crippen LogP contribution in [-0.2, 0) is 16.1 Å². The second-order valence-corrected chi connectivity index (χ2v) is 9.75. The Bertz CT molecular complexity index is 1280. The lowest BCUT2D eigenvalue weighted by atomic mass is 9.94. The van der Waals surface area contributed by atoms with Gasteiger partial charge in [-0.3, -0.25) is 0 Å². The van der Waals surface area contributed by atoms with Crippen LogP contribution in [-0.4, -0.2) is 38.9 Å². The fraction of sp³-hybridized carbons (Fsp3) is 0.323. The average Bonchev–Trinajstić information content (AvgIpc) is 3.43. The summed E-state index contributed by atoms with van der Waals surface area (Å²) in [6, 6.07) is 22.1. The van der Waals surface area contributed by atoms with Crippen molar-refractivity contribution in [2.45, 2.75) is 32.8 Å². The first-order chi connectivity index (χ1) is 18.1. The third-order valence-corrected chi connectivity index (χ3v) is 7.11. The smallest absolute Gasteiger partial charge is 0.338 e. The summed E-state index contributed by atoms with van der Waals surface area (Å²) in [5.74, 6) is 0.520. The molecule has 1 aliphatic carbocycles. The number of carbonyl (C=O) groups is 1. The Morgan fingerprint density at radius 1 is 0.973 bits per heavy atom. The first kappa shape index (κ1) is 25.4. The van der Waals surface area contributed by atoms with Crippen molar-refractivity contribution in [3.63, 3.8) is 0 Å². The molecule has 37 heavy (non-hydrogen) atoms. The number of benzene rings is 3. The number of carbonyl (C=O) groups excluding carboxylic acids is 1. The van der Waals surface area contributed by atoms with Crippen LogP contribution in [0, 0.1) is 0 Å². The Morgan fingerprint density at radius 2 is 1.76 bits per heavy atom. The molecule has 5 rings (SSSR count).